The zero-order valence-corrected chi connectivity index (χ0v) is 17.0. The van der Waals surface area contributed by atoms with Crippen molar-refractivity contribution in [2.75, 3.05) is 6.61 Å². The van der Waals surface area contributed by atoms with Crippen molar-refractivity contribution in [2.24, 2.45) is 0 Å². The third-order valence-electron chi connectivity index (χ3n) is 3.97. The van der Waals surface area contributed by atoms with E-state index in [1.54, 1.807) is 0 Å². The van der Waals surface area contributed by atoms with Crippen molar-refractivity contribution >= 4 is 52.3 Å². The van der Waals surface area contributed by atoms with E-state index in [0.717, 1.165) is 0 Å². The smallest absolute Gasteiger partial charge is 0.303 e. The number of rotatable bonds is 5. The molecule has 0 amide bonds. The highest BCUT2D eigenvalue weighted by Gasteiger charge is 2.51. The van der Waals surface area contributed by atoms with Gasteiger partial charge in [-0.1, -0.05) is 11.6 Å². The number of imidazole rings is 1. The summed E-state index contributed by atoms with van der Waals surface area (Å²) in [5.74, 6) is -1.82. The van der Waals surface area contributed by atoms with Crippen LogP contribution in [0.1, 0.15) is 27.0 Å². The monoisotopic (exact) mass is 446 g/mol. The van der Waals surface area contributed by atoms with Gasteiger partial charge in [-0.2, -0.15) is 4.98 Å². The minimum atomic E-state index is -1.08. The molecule has 1 aliphatic rings. The summed E-state index contributed by atoms with van der Waals surface area (Å²) in [6.07, 6.45) is -2.71. The molecular formula is C16H16Cl2N4O7. The van der Waals surface area contributed by atoms with Crippen LogP contribution in [0.2, 0.25) is 10.4 Å². The lowest BCUT2D eigenvalue weighted by atomic mass is 10.1. The van der Waals surface area contributed by atoms with Crippen LogP contribution in [-0.4, -0.2) is 62.3 Å². The van der Waals surface area contributed by atoms with E-state index in [9.17, 15) is 14.4 Å². The number of halogens is 2. The SMILES string of the molecule is CC(=O)OC[C@H]1O[C@@H](n2cnc3c(Cl)nc(Cl)nc32)C(OC(C)=O)C1OC(C)=O. The summed E-state index contributed by atoms with van der Waals surface area (Å²) in [4.78, 5) is 46.6. The Labute approximate surface area is 174 Å². The van der Waals surface area contributed by atoms with Crippen molar-refractivity contribution in [1.29, 1.82) is 0 Å². The first kappa shape index (κ1) is 21.2. The minimum absolute atomic E-state index is 0.0220. The standard InChI is InChI=1S/C16H16Cl2N4O7/c1-6(23)26-4-9-11(27-7(2)24)12(28-8(3)25)15(29-9)22-5-19-10-13(17)20-16(18)21-14(10)22/h5,9,11-12,15H,4H2,1-3H3/t9-,11?,12?,15-/m1/s1. The molecule has 0 N–H and O–H groups in total. The number of carbonyl (C=O) groups excluding carboxylic acids is 3. The largest absolute Gasteiger partial charge is 0.463 e. The average molecular weight is 447 g/mol. The number of nitrogens with zero attached hydrogens (tertiary/aromatic N) is 4. The van der Waals surface area contributed by atoms with Gasteiger partial charge in [-0.25, -0.2) is 9.97 Å². The van der Waals surface area contributed by atoms with E-state index in [1.165, 1.54) is 31.7 Å². The molecule has 29 heavy (non-hydrogen) atoms. The Morgan fingerprint density at radius 3 is 2.34 bits per heavy atom. The van der Waals surface area contributed by atoms with E-state index >= 15 is 0 Å². The summed E-state index contributed by atoms with van der Waals surface area (Å²) in [6, 6.07) is 0. The first-order valence-electron chi connectivity index (χ1n) is 8.36. The minimum Gasteiger partial charge on any atom is -0.463 e. The van der Waals surface area contributed by atoms with Crippen LogP contribution >= 0.6 is 23.2 Å². The molecule has 1 fully saturated rings. The molecule has 13 heteroatoms. The molecule has 11 nitrogen and oxygen atoms in total. The third kappa shape index (κ3) is 4.57. The van der Waals surface area contributed by atoms with Crippen LogP contribution in [0.3, 0.4) is 0 Å². The van der Waals surface area contributed by atoms with Crippen molar-refractivity contribution in [3.05, 3.63) is 16.8 Å². The lowest BCUT2D eigenvalue weighted by Crippen LogP contribution is -2.40. The van der Waals surface area contributed by atoms with Crippen molar-refractivity contribution < 1.29 is 33.3 Å². The van der Waals surface area contributed by atoms with Gasteiger partial charge in [-0.3, -0.25) is 19.0 Å². The predicted molar refractivity (Wildman–Crippen MR) is 97.0 cm³/mol. The van der Waals surface area contributed by atoms with Crippen LogP contribution in [0.25, 0.3) is 11.2 Å². The second-order valence-corrected chi connectivity index (χ2v) is 6.82. The number of fused-ring (bicyclic) bond motifs is 1. The summed E-state index contributed by atoms with van der Waals surface area (Å²) < 4.78 is 23.0. The Hall–Kier alpha value is -2.50. The van der Waals surface area contributed by atoms with Crippen LogP contribution in [0.15, 0.2) is 6.33 Å². The van der Waals surface area contributed by atoms with E-state index in [4.69, 9.17) is 42.1 Å². The Bertz CT molecular complexity index is 966. The van der Waals surface area contributed by atoms with Crippen LogP contribution in [-0.2, 0) is 33.3 Å². The lowest BCUT2D eigenvalue weighted by molar-refractivity contribution is -0.166. The van der Waals surface area contributed by atoms with Crippen molar-refractivity contribution in [3.63, 3.8) is 0 Å². The van der Waals surface area contributed by atoms with Gasteiger partial charge in [0.05, 0.1) is 6.33 Å². The molecule has 3 heterocycles. The zero-order valence-electron chi connectivity index (χ0n) is 15.5. The molecule has 2 aromatic rings. The first-order valence-corrected chi connectivity index (χ1v) is 9.11. The van der Waals surface area contributed by atoms with E-state index in [1.807, 2.05) is 0 Å². The number of carbonyl (C=O) groups is 3. The topological polar surface area (TPSA) is 132 Å². The Morgan fingerprint density at radius 2 is 1.72 bits per heavy atom. The fourth-order valence-electron chi connectivity index (χ4n) is 2.96. The number of hydrogen-bond acceptors (Lipinski definition) is 10. The molecule has 0 spiro atoms. The quantitative estimate of drug-likeness (QED) is 0.287. The molecule has 2 unspecified atom stereocenters. The van der Waals surface area contributed by atoms with Gasteiger partial charge in [0.2, 0.25) is 5.28 Å². The van der Waals surface area contributed by atoms with Crippen LogP contribution < -0.4 is 0 Å². The number of ether oxygens (including phenoxy) is 4. The lowest BCUT2D eigenvalue weighted by Gasteiger charge is -2.23. The van der Waals surface area contributed by atoms with Gasteiger partial charge in [-0.05, 0) is 11.6 Å². The summed E-state index contributed by atoms with van der Waals surface area (Å²) in [6.45, 7) is 3.38. The summed E-state index contributed by atoms with van der Waals surface area (Å²) >= 11 is 11.9. The highest BCUT2D eigenvalue weighted by Crippen LogP contribution is 2.36. The number of hydrogen-bond donors (Lipinski definition) is 0. The molecule has 0 aliphatic carbocycles. The van der Waals surface area contributed by atoms with Gasteiger partial charge in [0.1, 0.15) is 18.2 Å². The molecular weight excluding hydrogens is 431 g/mol. The fourth-order valence-corrected chi connectivity index (χ4v) is 3.38. The summed E-state index contributed by atoms with van der Waals surface area (Å²) in [7, 11) is 0. The molecule has 0 radical (unpaired) electrons. The third-order valence-corrected chi connectivity index (χ3v) is 4.40. The Balaban J connectivity index is 2.04. The van der Waals surface area contributed by atoms with Crippen molar-refractivity contribution in [2.45, 2.75) is 45.3 Å². The number of aromatic nitrogens is 4. The second kappa shape index (κ2) is 8.47. The van der Waals surface area contributed by atoms with Crippen LogP contribution in [0, 0.1) is 0 Å². The summed E-state index contributed by atoms with van der Waals surface area (Å²) in [5.41, 5.74) is 0.459. The molecule has 0 bridgehead atoms. The normalized spacial score (nSPS) is 23.8. The molecule has 3 rings (SSSR count). The van der Waals surface area contributed by atoms with Crippen LogP contribution in [0.5, 0.6) is 0 Å². The second-order valence-electron chi connectivity index (χ2n) is 6.12. The maximum absolute atomic E-state index is 11.7. The van der Waals surface area contributed by atoms with Crippen LogP contribution in [0.4, 0.5) is 0 Å². The van der Waals surface area contributed by atoms with Gasteiger partial charge in [0, 0.05) is 20.8 Å². The van der Waals surface area contributed by atoms with E-state index in [-0.39, 0.29) is 28.2 Å². The van der Waals surface area contributed by atoms with E-state index < -0.39 is 42.4 Å². The predicted octanol–water partition coefficient (Wildman–Crippen LogP) is 1.46. The molecule has 156 valence electrons. The molecule has 0 aromatic carbocycles. The van der Waals surface area contributed by atoms with Gasteiger partial charge >= 0.3 is 17.9 Å². The average Bonchev–Trinajstić information content (AvgIpc) is 3.15. The molecule has 2 aromatic heterocycles. The van der Waals surface area contributed by atoms with Crippen molar-refractivity contribution in [1.82, 2.24) is 19.5 Å². The van der Waals surface area contributed by atoms with Gasteiger partial charge < -0.3 is 18.9 Å². The van der Waals surface area contributed by atoms with E-state index in [2.05, 4.69) is 15.0 Å². The Kier molecular flexibility index (Phi) is 6.20. The van der Waals surface area contributed by atoms with E-state index in [0.29, 0.717) is 0 Å². The molecule has 1 aliphatic heterocycles. The molecule has 4 atom stereocenters. The molecule has 1 saturated heterocycles. The first-order chi connectivity index (χ1) is 13.7. The Morgan fingerprint density at radius 1 is 1.07 bits per heavy atom. The highest BCUT2D eigenvalue weighted by atomic mass is 35.5. The highest BCUT2D eigenvalue weighted by molar-refractivity contribution is 6.35. The van der Waals surface area contributed by atoms with Gasteiger partial charge in [0.15, 0.2) is 29.2 Å². The number of esters is 3. The van der Waals surface area contributed by atoms with Gasteiger partial charge in [-0.15, -0.1) is 0 Å². The summed E-state index contributed by atoms with van der Waals surface area (Å²) in [5, 5.41) is -0.104. The van der Waals surface area contributed by atoms with Gasteiger partial charge in [0.25, 0.3) is 0 Å². The van der Waals surface area contributed by atoms with Crippen molar-refractivity contribution in [3.8, 4) is 0 Å². The fraction of sp³-hybridized carbons (Fsp3) is 0.500. The molecule has 0 saturated carbocycles. The zero-order chi connectivity index (χ0) is 21.3. The maximum Gasteiger partial charge on any atom is 0.303 e. The maximum atomic E-state index is 11.7.